The number of hydrogen-bond acceptors (Lipinski definition) is 3. The highest BCUT2D eigenvalue weighted by Crippen LogP contribution is 2.38. The van der Waals surface area contributed by atoms with E-state index in [0.717, 1.165) is 31.2 Å². The van der Waals surface area contributed by atoms with E-state index in [0.29, 0.717) is 12.2 Å². The molecule has 0 aromatic heterocycles. The summed E-state index contributed by atoms with van der Waals surface area (Å²) in [4.78, 5) is 0. The molecule has 3 nitrogen and oxygen atoms in total. The highest BCUT2D eigenvalue weighted by Gasteiger charge is 2.24. The summed E-state index contributed by atoms with van der Waals surface area (Å²) < 4.78 is 54.5. The summed E-state index contributed by atoms with van der Waals surface area (Å²) in [7, 11) is 0. The molecule has 0 aliphatic heterocycles. The Hall–Kier alpha value is -3.41. The Labute approximate surface area is 197 Å². The van der Waals surface area contributed by atoms with Gasteiger partial charge < -0.3 is 14.6 Å². The Morgan fingerprint density at radius 3 is 2.24 bits per heavy atom. The summed E-state index contributed by atoms with van der Waals surface area (Å²) in [6.07, 6.45) is 5.03. The molecule has 1 aliphatic carbocycles. The largest absolute Gasteiger partial charge is 0.508 e. The van der Waals surface area contributed by atoms with Crippen molar-refractivity contribution < 1.29 is 27.8 Å². The lowest BCUT2D eigenvalue weighted by atomic mass is 9.79. The summed E-state index contributed by atoms with van der Waals surface area (Å²) in [6, 6.07) is 13.9. The van der Waals surface area contributed by atoms with Gasteiger partial charge in [0.15, 0.2) is 23.1 Å². The maximum Gasteiger partial charge on any atom is 0.201 e. The molecule has 178 valence electrons. The Balaban J connectivity index is 1.33. The van der Waals surface area contributed by atoms with Crippen LogP contribution in [0.5, 0.6) is 17.2 Å². The predicted molar refractivity (Wildman–Crippen MR) is 126 cm³/mol. The van der Waals surface area contributed by atoms with Crippen molar-refractivity contribution in [2.45, 2.75) is 31.6 Å². The Kier molecular flexibility index (Phi) is 7.46. The lowest BCUT2D eigenvalue weighted by molar-refractivity contribution is 0.192. The summed E-state index contributed by atoms with van der Waals surface area (Å²) in [5.41, 5.74) is 1.52. The third-order valence-corrected chi connectivity index (χ3v) is 6.33. The van der Waals surface area contributed by atoms with E-state index in [1.807, 2.05) is 6.07 Å². The number of ether oxygens (including phenoxy) is 2. The van der Waals surface area contributed by atoms with E-state index in [9.17, 15) is 18.3 Å². The van der Waals surface area contributed by atoms with E-state index in [1.54, 1.807) is 12.1 Å². The van der Waals surface area contributed by atoms with Crippen LogP contribution in [0.4, 0.5) is 13.2 Å². The van der Waals surface area contributed by atoms with Gasteiger partial charge in [0.2, 0.25) is 5.82 Å². The van der Waals surface area contributed by atoms with E-state index in [2.05, 4.69) is 6.58 Å². The highest BCUT2D eigenvalue weighted by molar-refractivity contribution is 5.66. The molecule has 1 fully saturated rings. The average Bonchev–Trinajstić information content (AvgIpc) is 2.85. The van der Waals surface area contributed by atoms with Gasteiger partial charge in [-0.2, -0.15) is 4.39 Å². The number of phenols is 1. The molecule has 3 aromatic carbocycles. The Morgan fingerprint density at radius 1 is 0.853 bits per heavy atom. The molecule has 0 radical (unpaired) electrons. The van der Waals surface area contributed by atoms with E-state index >= 15 is 0 Å². The maximum absolute atomic E-state index is 14.6. The van der Waals surface area contributed by atoms with Crippen molar-refractivity contribution in [2.75, 3.05) is 13.2 Å². The van der Waals surface area contributed by atoms with E-state index in [4.69, 9.17) is 9.47 Å². The second kappa shape index (κ2) is 10.7. The molecule has 0 amide bonds. The first kappa shape index (κ1) is 23.7. The van der Waals surface area contributed by atoms with Gasteiger partial charge in [-0.05, 0) is 85.0 Å². The number of aromatic hydroxyl groups is 1. The van der Waals surface area contributed by atoms with Gasteiger partial charge in [-0.3, -0.25) is 0 Å². The smallest absolute Gasteiger partial charge is 0.201 e. The number of benzene rings is 3. The standard InChI is InChI=1S/C28H27F3O3/c1-2-15-33-25-13-9-21(16-24(25)29)19-5-3-18(4-6-19)17-34-26-14-12-23(27(30)28(26)31)20-7-10-22(32)11-8-20/h2,7-14,16,18-19,32H,1,3-6,15,17H2. The van der Waals surface area contributed by atoms with Crippen molar-refractivity contribution in [3.63, 3.8) is 0 Å². The fourth-order valence-electron chi connectivity index (χ4n) is 4.41. The molecule has 1 saturated carbocycles. The summed E-state index contributed by atoms with van der Waals surface area (Å²) in [5.74, 6) is -1.75. The van der Waals surface area contributed by atoms with Gasteiger partial charge in [0, 0.05) is 5.56 Å². The molecule has 3 aromatic rings. The summed E-state index contributed by atoms with van der Waals surface area (Å²) >= 11 is 0. The first-order chi connectivity index (χ1) is 16.5. The predicted octanol–water partition coefficient (Wildman–Crippen LogP) is 7.39. The number of hydrogen-bond donors (Lipinski definition) is 1. The molecule has 1 aliphatic rings. The quantitative estimate of drug-likeness (QED) is 0.350. The van der Waals surface area contributed by atoms with Crippen LogP contribution < -0.4 is 9.47 Å². The topological polar surface area (TPSA) is 38.7 Å². The fourth-order valence-corrected chi connectivity index (χ4v) is 4.41. The van der Waals surface area contributed by atoms with E-state index in [-0.39, 0.29) is 47.1 Å². The molecule has 4 rings (SSSR count). The molecule has 0 bridgehead atoms. The van der Waals surface area contributed by atoms with Gasteiger partial charge in [-0.1, -0.05) is 30.9 Å². The third-order valence-electron chi connectivity index (χ3n) is 6.33. The zero-order valence-electron chi connectivity index (χ0n) is 18.8. The summed E-state index contributed by atoms with van der Waals surface area (Å²) in [5, 5.41) is 9.39. The van der Waals surface area contributed by atoms with Crippen molar-refractivity contribution in [1.82, 2.24) is 0 Å². The molecule has 34 heavy (non-hydrogen) atoms. The SMILES string of the molecule is C=CCOc1ccc(C2CCC(COc3ccc(-c4ccc(O)cc4)c(F)c3F)CC2)cc1F. The van der Waals surface area contributed by atoms with Gasteiger partial charge >= 0.3 is 0 Å². The van der Waals surface area contributed by atoms with Crippen LogP contribution in [-0.4, -0.2) is 18.3 Å². The van der Waals surface area contributed by atoms with Gasteiger partial charge in [-0.25, -0.2) is 8.78 Å². The molecular weight excluding hydrogens is 441 g/mol. The van der Waals surface area contributed by atoms with Crippen molar-refractivity contribution in [2.24, 2.45) is 5.92 Å². The monoisotopic (exact) mass is 468 g/mol. The second-order valence-corrected chi connectivity index (χ2v) is 8.60. The first-order valence-corrected chi connectivity index (χ1v) is 11.4. The molecule has 0 atom stereocenters. The zero-order chi connectivity index (χ0) is 24.1. The first-order valence-electron chi connectivity index (χ1n) is 11.4. The molecule has 6 heteroatoms. The van der Waals surface area contributed by atoms with Crippen molar-refractivity contribution in [3.8, 4) is 28.4 Å². The van der Waals surface area contributed by atoms with Crippen LogP contribution in [0.2, 0.25) is 0 Å². The number of halogens is 3. The van der Waals surface area contributed by atoms with Crippen LogP contribution in [0, 0.1) is 23.4 Å². The minimum atomic E-state index is -1.02. The molecule has 0 saturated heterocycles. The summed E-state index contributed by atoms with van der Waals surface area (Å²) in [6.45, 7) is 4.11. The fraction of sp³-hybridized carbons (Fsp3) is 0.286. The van der Waals surface area contributed by atoms with Gasteiger partial charge in [0.05, 0.1) is 6.61 Å². The van der Waals surface area contributed by atoms with Crippen molar-refractivity contribution in [1.29, 1.82) is 0 Å². The average molecular weight is 469 g/mol. The van der Waals surface area contributed by atoms with Crippen LogP contribution in [-0.2, 0) is 0 Å². The second-order valence-electron chi connectivity index (χ2n) is 8.60. The zero-order valence-corrected chi connectivity index (χ0v) is 18.8. The lowest BCUT2D eigenvalue weighted by Gasteiger charge is -2.29. The van der Waals surface area contributed by atoms with Gasteiger partial charge in [0.25, 0.3) is 0 Å². The van der Waals surface area contributed by atoms with Crippen LogP contribution in [0.3, 0.4) is 0 Å². The minimum absolute atomic E-state index is 0.0546. The van der Waals surface area contributed by atoms with E-state index in [1.165, 1.54) is 42.5 Å². The Bertz CT molecular complexity index is 1140. The van der Waals surface area contributed by atoms with Crippen LogP contribution >= 0.6 is 0 Å². The Morgan fingerprint density at radius 2 is 1.56 bits per heavy atom. The number of rotatable bonds is 8. The van der Waals surface area contributed by atoms with Crippen LogP contribution in [0.15, 0.2) is 67.3 Å². The maximum atomic E-state index is 14.6. The molecule has 1 N–H and O–H groups in total. The van der Waals surface area contributed by atoms with Crippen LogP contribution in [0.1, 0.15) is 37.2 Å². The molecule has 0 unspecified atom stereocenters. The molecule has 0 heterocycles. The van der Waals surface area contributed by atoms with Gasteiger partial charge in [-0.15, -0.1) is 0 Å². The molecular formula is C28H27F3O3. The highest BCUT2D eigenvalue weighted by atomic mass is 19.2. The van der Waals surface area contributed by atoms with E-state index < -0.39 is 11.6 Å². The van der Waals surface area contributed by atoms with Crippen LogP contribution in [0.25, 0.3) is 11.1 Å². The lowest BCUT2D eigenvalue weighted by Crippen LogP contribution is -2.19. The van der Waals surface area contributed by atoms with Crippen molar-refractivity contribution >= 4 is 0 Å². The third kappa shape index (κ3) is 5.38. The number of phenolic OH excluding ortho intramolecular Hbond substituents is 1. The minimum Gasteiger partial charge on any atom is -0.508 e. The molecule has 0 spiro atoms. The normalized spacial score (nSPS) is 17.9. The van der Waals surface area contributed by atoms with Gasteiger partial charge in [0.1, 0.15) is 12.4 Å². The van der Waals surface area contributed by atoms with Crippen molar-refractivity contribution in [3.05, 3.63) is 90.3 Å².